The van der Waals surface area contributed by atoms with Gasteiger partial charge >= 0.3 is 0 Å². The summed E-state index contributed by atoms with van der Waals surface area (Å²) in [7, 11) is 0. The molecule has 0 aromatic heterocycles. The molecule has 0 saturated heterocycles. The third kappa shape index (κ3) is 2.54. The molecule has 104 valence electrons. The summed E-state index contributed by atoms with van der Waals surface area (Å²) in [5.41, 5.74) is 3.17. The Balaban J connectivity index is 2.20. The first-order valence-electron chi connectivity index (χ1n) is 7.41. The molecule has 2 nitrogen and oxygen atoms in total. The highest BCUT2D eigenvalue weighted by Crippen LogP contribution is 2.41. The van der Waals surface area contributed by atoms with Crippen molar-refractivity contribution in [2.24, 2.45) is 0 Å². The average molecular weight is 259 g/mol. The maximum atomic E-state index is 12.6. The highest BCUT2D eigenvalue weighted by molar-refractivity contribution is 6.07. The molecule has 1 aliphatic rings. The first-order chi connectivity index (χ1) is 8.98. The number of carbonyl (C=O) groups is 1. The Hall–Kier alpha value is -1.31. The maximum Gasteiger partial charge on any atom is 0.237 e. The first-order valence-corrected chi connectivity index (χ1v) is 7.41. The predicted molar refractivity (Wildman–Crippen MR) is 80.7 cm³/mol. The van der Waals surface area contributed by atoms with Crippen molar-refractivity contribution in [3.05, 3.63) is 29.3 Å². The summed E-state index contributed by atoms with van der Waals surface area (Å²) in [5.74, 6) is 0.254. The summed E-state index contributed by atoms with van der Waals surface area (Å²) in [4.78, 5) is 14.6. The van der Waals surface area contributed by atoms with E-state index in [-0.39, 0.29) is 11.3 Å². The molecule has 1 heterocycles. The van der Waals surface area contributed by atoms with Gasteiger partial charge in [0.1, 0.15) is 0 Å². The summed E-state index contributed by atoms with van der Waals surface area (Å²) < 4.78 is 0. The van der Waals surface area contributed by atoms with Crippen molar-refractivity contribution in [2.45, 2.75) is 58.8 Å². The lowest BCUT2D eigenvalue weighted by Crippen LogP contribution is -2.36. The summed E-state index contributed by atoms with van der Waals surface area (Å²) in [5, 5.41) is 0. The van der Waals surface area contributed by atoms with Crippen LogP contribution in [0.1, 0.15) is 57.6 Å². The SMILES string of the molecule is CCCCCCN1C(=O)C(C)(C)c2cc(C)ccc21. The Morgan fingerprint density at radius 3 is 2.58 bits per heavy atom. The Bertz CT molecular complexity index is 476. The zero-order valence-corrected chi connectivity index (χ0v) is 12.6. The predicted octanol–water partition coefficient (Wildman–Crippen LogP) is 4.20. The van der Waals surface area contributed by atoms with Crippen LogP contribution >= 0.6 is 0 Å². The minimum Gasteiger partial charge on any atom is -0.311 e. The summed E-state index contributed by atoms with van der Waals surface area (Å²) >= 11 is 0. The fourth-order valence-corrected chi connectivity index (χ4v) is 2.87. The molecule has 0 aliphatic carbocycles. The van der Waals surface area contributed by atoms with Crippen molar-refractivity contribution >= 4 is 11.6 Å². The lowest BCUT2D eigenvalue weighted by atomic mass is 9.85. The van der Waals surface area contributed by atoms with Gasteiger partial charge in [-0.1, -0.05) is 43.9 Å². The van der Waals surface area contributed by atoms with Gasteiger partial charge in [0.25, 0.3) is 0 Å². The number of anilines is 1. The van der Waals surface area contributed by atoms with Crippen LogP contribution in [0.25, 0.3) is 0 Å². The van der Waals surface area contributed by atoms with E-state index >= 15 is 0 Å². The Morgan fingerprint density at radius 2 is 1.89 bits per heavy atom. The number of carbonyl (C=O) groups excluding carboxylic acids is 1. The van der Waals surface area contributed by atoms with E-state index in [1.165, 1.54) is 30.4 Å². The van der Waals surface area contributed by atoms with Crippen LogP contribution in [-0.2, 0) is 10.2 Å². The van der Waals surface area contributed by atoms with Crippen LogP contribution in [0.3, 0.4) is 0 Å². The second-order valence-electron chi connectivity index (χ2n) is 6.16. The molecular formula is C17H25NO. The number of aryl methyl sites for hydroxylation is 1. The third-order valence-electron chi connectivity index (χ3n) is 4.13. The zero-order chi connectivity index (χ0) is 14.0. The van der Waals surface area contributed by atoms with Crippen molar-refractivity contribution in [2.75, 3.05) is 11.4 Å². The molecule has 0 radical (unpaired) electrons. The quantitative estimate of drug-likeness (QED) is 0.726. The van der Waals surface area contributed by atoms with Crippen LogP contribution in [0.15, 0.2) is 18.2 Å². The van der Waals surface area contributed by atoms with Gasteiger partial charge in [-0.2, -0.15) is 0 Å². The lowest BCUT2D eigenvalue weighted by molar-refractivity contribution is -0.122. The molecule has 0 unspecified atom stereocenters. The monoisotopic (exact) mass is 259 g/mol. The van der Waals surface area contributed by atoms with Gasteiger partial charge in [-0.3, -0.25) is 4.79 Å². The van der Waals surface area contributed by atoms with Crippen LogP contribution in [0.4, 0.5) is 5.69 Å². The second-order valence-corrected chi connectivity index (χ2v) is 6.16. The smallest absolute Gasteiger partial charge is 0.237 e. The molecule has 0 bridgehead atoms. The highest BCUT2D eigenvalue weighted by atomic mass is 16.2. The molecule has 0 spiro atoms. The van der Waals surface area contributed by atoms with Crippen LogP contribution in [0.5, 0.6) is 0 Å². The van der Waals surface area contributed by atoms with Crippen molar-refractivity contribution < 1.29 is 4.79 Å². The molecular weight excluding hydrogens is 234 g/mol. The number of fused-ring (bicyclic) bond motifs is 1. The zero-order valence-electron chi connectivity index (χ0n) is 12.6. The van der Waals surface area contributed by atoms with Gasteiger partial charge in [-0.25, -0.2) is 0 Å². The van der Waals surface area contributed by atoms with Crippen LogP contribution in [0.2, 0.25) is 0 Å². The number of amides is 1. The van der Waals surface area contributed by atoms with Gasteiger partial charge in [0.15, 0.2) is 0 Å². The van der Waals surface area contributed by atoms with E-state index in [9.17, 15) is 4.79 Å². The largest absolute Gasteiger partial charge is 0.311 e. The Kier molecular flexibility index (Phi) is 3.98. The number of hydrogen-bond acceptors (Lipinski definition) is 1. The fourth-order valence-electron chi connectivity index (χ4n) is 2.87. The molecule has 2 rings (SSSR count). The van der Waals surface area contributed by atoms with Crippen molar-refractivity contribution in [3.63, 3.8) is 0 Å². The van der Waals surface area contributed by atoms with Gasteiger partial charge in [0, 0.05) is 12.2 Å². The molecule has 0 saturated carbocycles. The van der Waals surface area contributed by atoms with Crippen LogP contribution in [0, 0.1) is 6.92 Å². The summed E-state index contributed by atoms with van der Waals surface area (Å²) in [6, 6.07) is 6.38. The summed E-state index contributed by atoms with van der Waals surface area (Å²) in [6.07, 6.45) is 4.80. The minimum absolute atomic E-state index is 0.254. The minimum atomic E-state index is -0.369. The van der Waals surface area contributed by atoms with Crippen LogP contribution in [-0.4, -0.2) is 12.5 Å². The maximum absolute atomic E-state index is 12.6. The lowest BCUT2D eigenvalue weighted by Gasteiger charge is -2.20. The molecule has 0 fully saturated rings. The highest BCUT2D eigenvalue weighted by Gasteiger charge is 2.43. The first kappa shape index (κ1) is 14.1. The van der Waals surface area contributed by atoms with Crippen molar-refractivity contribution in [3.8, 4) is 0 Å². The summed E-state index contributed by atoms with van der Waals surface area (Å²) in [6.45, 7) is 9.24. The van der Waals surface area contributed by atoms with E-state index in [1.807, 2.05) is 18.7 Å². The van der Waals surface area contributed by atoms with Gasteiger partial charge in [-0.15, -0.1) is 0 Å². The van der Waals surface area contributed by atoms with E-state index < -0.39 is 0 Å². The van der Waals surface area contributed by atoms with Gasteiger partial charge in [0.2, 0.25) is 5.91 Å². The fraction of sp³-hybridized carbons (Fsp3) is 0.588. The Labute approximate surface area is 116 Å². The number of hydrogen-bond donors (Lipinski definition) is 0. The standard InChI is InChI=1S/C17H25NO/c1-5-6-7-8-11-18-15-10-9-13(2)12-14(15)17(3,4)16(18)19/h9-10,12H,5-8,11H2,1-4H3. The molecule has 2 heteroatoms. The molecule has 1 aromatic rings. The van der Waals surface area contributed by atoms with Crippen molar-refractivity contribution in [1.82, 2.24) is 0 Å². The number of nitrogens with zero attached hydrogens (tertiary/aromatic N) is 1. The number of benzene rings is 1. The topological polar surface area (TPSA) is 20.3 Å². The normalized spacial score (nSPS) is 16.8. The van der Waals surface area contributed by atoms with E-state index in [2.05, 4.69) is 32.0 Å². The van der Waals surface area contributed by atoms with E-state index in [0.29, 0.717) is 0 Å². The number of rotatable bonds is 5. The molecule has 0 atom stereocenters. The molecule has 1 aliphatic heterocycles. The van der Waals surface area contributed by atoms with Gasteiger partial charge in [-0.05, 0) is 38.8 Å². The molecule has 0 N–H and O–H groups in total. The van der Waals surface area contributed by atoms with Gasteiger partial charge < -0.3 is 4.90 Å². The molecule has 19 heavy (non-hydrogen) atoms. The Morgan fingerprint density at radius 1 is 1.16 bits per heavy atom. The van der Waals surface area contributed by atoms with Crippen molar-refractivity contribution in [1.29, 1.82) is 0 Å². The van der Waals surface area contributed by atoms with E-state index in [0.717, 1.165) is 18.7 Å². The molecule has 1 amide bonds. The second kappa shape index (κ2) is 5.36. The molecule has 1 aromatic carbocycles. The van der Waals surface area contributed by atoms with E-state index in [1.54, 1.807) is 0 Å². The number of unbranched alkanes of at least 4 members (excludes halogenated alkanes) is 3. The van der Waals surface area contributed by atoms with Crippen LogP contribution < -0.4 is 4.90 Å². The third-order valence-corrected chi connectivity index (χ3v) is 4.13. The van der Waals surface area contributed by atoms with Gasteiger partial charge in [0.05, 0.1) is 5.41 Å². The average Bonchev–Trinajstić information content (AvgIpc) is 2.55. The van der Waals surface area contributed by atoms with E-state index in [4.69, 9.17) is 0 Å².